The highest BCUT2D eigenvalue weighted by atomic mass is 35.5. The van der Waals surface area contributed by atoms with Crippen LogP contribution in [0.1, 0.15) is 47.7 Å². The molecular weight excluding hydrogens is 442 g/mol. The number of ether oxygens (including phenoxy) is 4. The zero-order chi connectivity index (χ0) is 22.9. The van der Waals surface area contributed by atoms with E-state index < -0.39 is 5.97 Å². The highest BCUT2D eigenvalue weighted by Gasteiger charge is 2.24. The van der Waals surface area contributed by atoms with Crippen LogP contribution in [-0.2, 0) is 17.6 Å². The number of likely N-dealkylation sites (N-methyl/N-ethyl adjacent to an activating group) is 1. The Morgan fingerprint density at radius 3 is 2.36 bits per heavy atom. The van der Waals surface area contributed by atoms with Crippen LogP contribution in [0.2, 0.25) is 0 Å². The number of hydrogen-bond donors (Lipinski definition) is 0. The normalized spacial score (nSPS) is 14.8. The number of carbonyl (C=O) groups is 1. The van der Waals surface area contributed by atoms with E-state index in [1.165, 1.54) is 25.3 Å². The van der Waals surface area contributed by atoms with Crippen LogP contribution in [0.25, 0.3) is 0 Å². The Bertz CT molecular complexity index is 882. The predicted molar refractivity (Wildman–Crippen MR) is 132 cm³/mol. The molecule has 1 unspecified atom stereocenters. The van der Waals surface area contributed by atoms with E-state index in [0.29, 0.717) is 29.7 Å². The van der Waals surface area contributed by atoms with Crippen molar-refractivity contribution >= 4 is 18.4 Å². The van der Waals surface area contributed by atoms with E-state index in [1.807, 2.05) is 0 Å². The van der Waals surface area contributed by atoms with Gasteiger partial charge in [-0.3, -0.25) is 0 Å². The summed E-state index contributed by atoms with van der Waals surface area (Å²) >= 11 is 0. The number of halogens is 1. The second-order valence-corrected chi connectivity index (χ2v) is 8.04. The Hall–Kier alpha value is -2.44. The minimum atomic E-state index is -0.411. The van der Waals surface area contributed by atoms with Crippen LogP contribution in [0.15, 0.2) is 36.4 Å². The van der Waals surface area contributed by atoms with Gasteiger partial charge in [-0.05, 0) is 80.6 Å². The number of rotatable bonds is 11. The van der Waals surface area contributed by atoms with Gasteiger partial charge in [0.1, 0.15) is 22.8 Å². The SMILES string of the molecule is CCN(CCCCOC(=O)c1c(OC)cccc1OC)C1CCc2cc(OC)ccc2C1.Cl. The summed E-state index contributed by atoms with van der Waals surface area (Å²) in [6.45, 7) is 4.62. The van der Waals surface area contributed by atoms with Crippen molar-refractivity contribution in [2.24, 2.45) is 0 Å². The number of unbranched alkanes of at least 4 members (excludes halogenated alkanes) is 1. The molecule has 0 spiro atoms. The van der Waals surface area contributed by atoms with Gasteiger partial charge in [0.25, 0.3) is 0 Å². The zero-order valence-corrected chi connectivity index (χ0v) is 20.9. The highest BCUT2D eigenvalue weighted by Crippen LogP contribution is 2.29. The Morgan fingerprint density at radius 2 is 1.73 bits per heavy atom. The lowest BCUT2D eigenvalue weighted by molar-refractivity contribution is 0.0485. The van der Waals surface area contributed by atoms with Crippen molar-refractivity contribution < 1.29 is 23.7 Å². The van der Waals surface area contributed by atoms with Crippen LogP contribution in [0.5, 0.6) is 17.2 Å². The van der Waals surface area contributed by atoms with Crippen molar-refractivity contribution in [2.75, 3.05) is 41.0 Å². The molecule has 0 fully saturated rings. The van der Waals surface area contributed by atoms with Crippen LogP contribution in [0.4, 0.5) is 0 Å². The van der Waals surface area contributed by atoms with Gasteiger partial charge in [0.2, 0.25) is 0 Å². The minimum absolute atomic E-state index is 0. The van der Waals surface area contributed by atoms with Gasteiger partial charge in [0.15, 0.2) is 0 Å². The summed E-state index contributed by atoms with van der Waals surface area (Å²) in [7, 11) is 4.78. The molecule has 0 heterocycles. The monoisotopic (exact) mass is 477 g/mol. The average Bonchev–Trinajstić information content (AvgIpc) is 2.84. The summed E-state index contributed by atoms with van der Waals surface area (Å²) in [4.78, 5) is 15.1. The number of esters is 1. The molecule has 1 aliphatic carbocycles. The molecule has 0 amide bonds. The number of aryl methyl sites for hydroxylation is 1. The van der Waals surface area contributed by atoms with Crippen molar-refractivity contribution in [1.29, 1.82) is 0 Å². The highest BCUT2D eigenvalue weighted by molar-refractivity contribution is 5.95. The van der Waals surface area contributed by atoms with E-state index in [2.05, 4.69) is 30.0 Å². The molecule has 0 saturated carbocycles. The van der Waals surface area contributed by atoms with E-state index in [-0.39, 0.29) is 12.4 Å². The molecule has 0 radical (unpaired) electrons. The van der Waals surface area contributed by atoms with E-state index in [0.717, 1.165) is 50.9 Å². The second kappa shape index (κ2) is 13.3. The Kier molecular flexibility index (Phi) is 10.8. The Labute approximate surface area is 203 Å². The topological polar surface area (TPSA) is 57.2 Å². The molecule has 0 bridgehead atoms. The van der Waals surface area contributed by atoms with Crippen molar-refractivity contribution in [1.82, 2.24) is 4.90 Å². The number of benzene rings is 2. The minimum Gasteiger partial charge on any atom is -0.497 e. The zero-order valence-electron chi connectivity index (χ0n) is 20.1. The molecule has 2 aromatic carbocycles. The summed E-state index contributed by atoms with van der Waals surface area (Å²) in [6.07, 6.45) is 5.13. The third kappa shape index (κ3) is 6.78. The maximum atomic E-state index is 12.6. The fraction of sp³-hybridized carbons (Fsp3) is 0.500. The standard InChI is InChI=1S/C26H35NO5.ClH/c1-5-27(21-13-11-20-18-22(29-2)14-12-19(20)17-21)15-6-7-16-32-26(28)25-23(30-3)9-8-10-24(25)31-4;/h8-10,12,14,18,21H,5-7,11,13,15-17H2,1-4H3;1H. The smallest absolute Gasteiger partial charge is 0.345 e. The maximum absolute atomic E-state index is 12.6. The molecule has 2 aromatic rings. The largest absolute Gasteiger partial charge is 0.497 e. The van der Waals surface area contributed by atoms with E-state index >= 15 is 0 Å². The van der Waals surface area contributed by atoms with Crippen molar-refractivity contribution in [3.8, 4) is 17.2 Å². The summed E-state index contributed by atoms with van der Waals surface area (Å²) < 4.78 is 21.5. The molecule has 0 aliphatic heterocycles. The molecule has 0 aromatic heterocycles. The quantitative estimate of drug-likeness (QED) is 0.337. The van der Waals surface area contributed by atoms with Gasteiger partial charge in [-0.1, -0.05) is 19.1 Å². The first kappa shape index (κ1) is 26.8. The van der Waals surface area contributed by atoms with Crippen LogP contribution < -0.4 is 14.2 Å². The molecule has 6 nitrogen and oxygen atoms in total. The fourth-order valence-electron chi connectivity index (χ4n) is 4.46. The first-order valence-electron chi connectivity index (χ1n) is 11.4. The van der Waals surface area contributed by atoms with Gasteiger partial charge in [-0.2, -0.15) is 0 Å². The van der Waals surface area contributed by atoms with E-state index in [1.54, 1.807) is 25.3 Å². The number of methoxy groups -OCH3 is 3. The molecule has 182 valence electrons. The third-order valence-electron chi connectivity index (χ3n) is 6.24. The maximum Gasteiger partial charge on any atom is 0.345 e. The van der Waals surface area contributed by atoms with Gasteiger partial charge in [-0.25, -0.2) is 4.79 Å². The van der Waals surface area contributed by atoms with Crippen LogP contribution >= 0.6 is 12.4 Å². The average molecular weight is 478 g/mol. The lowest BCUT2D eigenvalue weighted by atomic mass is 9.87. The van der Waals surface area contributed by atoms with Gasteiger partial charge in [-0.15, -0.1) is 12.4 Å². The van der Waals surface area contributed by atoms with Crippen molar-refractivity contribution in [3.63, 3.8) is 0 Å². The molecule has 7 heteroatoms. The summed E-state index contributed by atoms with van der Waals surface area (Å²) in [5.74, 6) is 1.45. The van der Waals surface area contributed by atoms with Crippen LogP contribution in [0, 0.1) is 0 Å². The van der Waals surface area contributed by atoms with E-state index in [9.17, 15) is 4.79 Å². The number of fused-ring (bicyclic) bond motifs is 1. The number of nitrogens with zero attached hydrogens (tertiary/aromatic N) is 1. The lowest BCUT2D eigenvalue weighted by Crippen LogP contribution is -2.39. The first-order valence-corrected chi connectivity index (χ1v) is 11.4. The van der Waals surface area contributed by atoms with Crippen LogP contribution in [-0.4, -0.2) is 57.9 Å². The Morgan fingerprint density at radius 1 is 1.00 bits per heavy atom. The summed E-state index contributed by atoms with van der Waals surface area (Å²) in [6, 6.07) is 12.2. The summed E-state index contributed by atoms with van der Waals surface area (Å²) in [5.41, 5.74) is 3.18. The van der Waals surface area contributed by atoms with Crippen molar-refractivity contribution in [3.05, 3.63) is 53.1 Å². The van der Waals surface area contributed by atoms with Gasteiger partial charge in [0, 0.05) is 6.04 Å². The van der Waals surface area contributed by atoms with Crippen LogP contribution in [0.3, 0.4) is 0 Å². The fourth-order valence-corrected chi connectivity index (χ4v) is 4.46. The molecule has 0 N–H and O–H groups in total. The molecule has 1 aliphatic rings. The number of carbonyl (C=O) groups excluding carboxylic acids is 1. The third-order valence-corrected chi connectivity index (χ3v) is 6.24. The second-order valence-electron chi connectivity index (χ2n) is 8.04. The number of hydrogen-bond acceptors (Lipinski definition) is 6. The molecule has 1 atom stereocenters. The first-order chi connectivity index (χ1) is 15.6. The van der Waals surface area contributed by atoms with Gasteiger partial charge < -0.3 is 23.8 Å². The Balaban J connectivity index is 0.00000385. The molecule has 0 saturated heterocycles. The molecule has 33 heavy (non-hydrogen) atoms. The lowest BCUT2D eigenvalue weighted by Gasteiger charge is -2.34. The molecular formula is C26H36ClNO5. The molecule has 3 rings (SSSR count). The van der Waals surface area contributed by atoms with Gasteiger partial charge >= 0.3 is 5.97 Å². The van der Waals surface area contributed by atoms with Crippen molar-refractivity contribution in [2.45, 2.75) is 45.1 Å². The summed E-state index contributed by atoms with van der Waals surface area (Å²) in [5, 5.41) is 0. The van der Waals surface area contributed by atoms with Gasteiger partial charge in [0.05, 0.1) is 27.9 Å². The van der Waals surface area contributed by atoms with E-state index in [4.69, 9.17) is 18.9 Å². The predicted octanol–water partition coefficient (Wildman–Crippen LogP) is 4.95.